The van der Waals surface area contributed by atoms with Crippen molar-refractivity contribution in [2.45, 2.75) is 0 Å². The second-order valence-corrected chi connectivity index (χ2v) is 4.34. The maximum atomic E-state index is 12.7. The zero-order valence-electron chi connectivity index (χ0n) is 11.5. The normalized spacial score (nSPS) is 10.5. The summed E-state index contributed by atoms with van der Waals surface area (Å²) in [6.07, 6.45) is 3.23. The SMILES string of the molecule is O=C(C=Cc1ccccc1)NCCOc1ccc(F)cc1. The van der Waals surface area contributed by atoms with E-state index in [-0.39, 0.29) is 11.7 Å². The summed E-state index contributed by atoms with van der Waals surface area (Å²) in [7, 11) is 0. The van der Waals surface area contributed by atoms with Crippen LogP contribution in [0.4, 0.5) is 4.39 Å². The monoisotopic (exact) mass is 285 g/mol. The number of carbonyl (C=O) groups excluding carboxylic acids is 1. The second-order valence-electron chi connectivity index (χ2n) is 4.34. The highest BCUT2D eigenvalue weighted by molar-refractivity contribution is 5.91. The molecular formula is C17H16FNO2. The molecule has 0 radical (unpaired) electrons. The van der Waals surface area contributed by atoms with Crippen LogP contribution >= 0.6 is 0 Å². The van der Waals surface area contributed by atoms with Crippen molar-refractivity contribution in [2.24, 2.45) is 0 Å². The molecule has 1 amide bonds. The Bertz CT molecular complexity index is 594. The average Bonchev–Trinajstić information content (AvgIpc) is 2.52. The maximum absolute atomic E-state index is 12.7. The predicted molar refractivity (Wildman–Crippen MR) is 80.4 cm³/mol. The van der Waals surface area contributed by atoms with Gasteiger partial charge in [-0.05, 0) is 35.9 Å². The number of carbonyl (C=O) groups is 1. The van der Waals surface area contributed by atoms with Gasteiger partial charge in [-0.2, -0.15) is 0 Å². The van der Waals surface area contributed by atoms with E-state index < -0.39 is 0 Å². The number of nitrogens with one attached hydrogen (secondary N) is 1. The van der Waals surface area contributed by atoms with E-state index in [1.807, 2.05) is 30.3 Å². The largest absolute Gasteiger partial charge is 0.492 e. The quantitative estimate of drug-likeness (QED) is 0.654. The molecule has 0 atom stereocenters. The molecule has 108 valence electrons. The number of benzene rings is 2. The molecule has 0 unspecified atom stereocenters. The van der Waals surface area contributed by atoms with Gasteiger partial charge in [-0.3, -0.25) is 4.79 Å². The van der Waals surface area contributed by atoms with E-state index in [1.54, 1.807) is 18.2 Å². The third kappa shape index (κ3) is 5.48. The minimum absolute atomic E-state index is 0.179. The first-order valence-electron chi connectivity index (χ1n) is 6.63. The smallest absolute Gasteiger partial charge is 0.244 e. The van der Waals surface area contributed by atoms with Crippen LogP contribution in [0.25, 0.3) is 6.08 Å². The molecule has 2 aromatic rings. The van der Waals surface area contributed by atoms with Gasteiger partial charge >= 0.3 is 0 Å². The van der Waals surface area contributed by atoms with Crippen LogP contribution in [0.2, 0.25) is 0 Å². The zero-order valence-corrected chi connectivity index (χ0v) is 11.5. The summed E-state index contributed by atoms with van der Waals surface area (Å²) < 4.78 is 18.1. The highest BCUT2D eigenvalue weighted by Crippen LogP contribution is 2.10. The highest BCUT2D eigenvalue weighted by atomic mass is 19.1. The van der Waals surface area contributed by atoms with Crippen molar-refractivity contribution >= 4 is 12.0 Å². The van der Waals surface area contributed by atoms with E-state index in [0.29, 0.717) is 18.9 Å². The van der Waals surface area contributed by atoms with Crippen molar-refractivity contribution < 1.29 is 13.9 Å². The van der Waals surface area contributed by atoms with Gasteiger partial charge in [0.1, 0.15) is 18.2 Å². The average molecular weight is 285 g/mol. The van der Waals surface area contributed by atoms with Crippen molar-refractivity contribution in [1.29, 1.82) is 0 Å². The summed E-state index contributed by atoms with van der Waals surface area (Å²) in [5.41, 5.74) is 0.968. The Morgan fingerprint density at radius 1 is 1.10 bits per heavy atom. The molecule has 2 rings (SSSR count). The highest BCUT2D eigenvalue weighted by Gasteiger charge is 1.97. The molecule has 0 aliphatic rings. The lowest BCUT2D eigenvalue weighted by molar-refractivity contribution is -0.116. The molecule has 3 nitrogen and oxygen atoms in total. The molecule has 0 saturated carbocycles. The van der Waals surface area contributed by atoms with Crippen LogP contribution in [0.3, 0.4) is 0 Å². The molecule has 4 heteroatoms. The number of hydrogen-bond acceptors (Lipinski definition) is 2. The van der Waals surface area contributed by atoms with Crippen molar-refractivity contribution in [3.05, 3.63) is 72.1 Å². The Labute approximate surface area is 123 Å². The summed E-state index contributed by atoms with van der Waals surface area (Å²) in [6, 6.07) is 15.3. The summed E-state index contributed by atoms with van der Waals surface area (Å²) in [5.74, 6) is 0.0914. The third-order valence-corrected chi connectivity index (χ3v) is 2.71. The molecule has 2 aromatic carbocycles. The molecular weight excluding hydrogens is 269 g/mol. The van der Waals surface area contributed by atoms with Crippen LogP contribution in [-0.4, -0.2) is 19.1 Å². The number of ether oxygens (including phenoxy) is 1. The van der Waals surface area contributed by atoms with Gasteiger partial charge in [-0.15, -0.1) is 0 Å². The van der Waals surface area contributed by atoms with Crippen LogP contribution in [0.1, 0.15) is 5.56 Å². The Morgan fingerprint density at radius 2 is 1.81 bits per heavy atom. The van der Waals surface area contributed by atoms with Gasteiger partial charge in [0.05, 0.1) is 6.54 Å². The lowest BCUT2D eigenvalue weighted by Gasteiger charge is -2.06. The Morgan fingerprint density at radius 3 is 2.52 bits per heavy atom. The Kier molecular flexibility index (Phi) is 5.52. The van der Waals surface area contributed by atoms with Gasteiger partial charge in [-0.25, -0.2) is 4.39 Å². The predicted octanol–water partition coefficient (Wildman–Crippen LogP) is 3.03. The van der Waals surface area contributed by atoms with E-state index in [2.05, 4.69) is 5.32 Å². The van der Waals surface area contributed by atoms with Crippen molar-refractivity contribution in [1.82, 2.24) is 5.32 Å². The van der Waals surface area contributed by atoms with Gasteiger partial charge in [0.2, 0.25) is 5.91 Å². The van der Waals surface area contributed by atoms with Crippen LogP contribution < -0.4 is 10.1 Å². The molecule has 0 saturated heterocycles. The van der Waals surface area contributed by atoms with E-state index in [4.69, 9.17) is 4.74 Å². The van der Waals surface area contributed by atoms with Crippen LogP contribution in [0, 0.1) is 5.82 Å². The van der Waals surface area contributed by atoms with E-state index in [9.17, 15) is 9.18 Å². The molecule has 0 aliphatic heterocycles. The number of amides is 1. The zero-order chi connectivity index (χ0) is 14.9. The molecule has 0 heterocycles. The fourth-order valence-corrected chi connectivity index (χ4v) is 1.67. The Hall–Kier alpha value is -2.62. The van der Waals surface area contributed by atoms with Crippen LogP contribution in [-0.2, 0) is 4.79 Å². The third-order valence-electron chi connectivity index (χ3n) is 2.71. The lowest BCUT2D eigenvalue weighted by atomic mass is 10.2. The first kappa shape index (κ1) is 14.8. The van der Waals surface area contributed by atoms with Crippen molar-refractivity contribution in [3.8, 4) is 5.75 Å². The number of rotatable bonds is 6. The standard InChI is InChI=1S/C17H16FNO2/c18-15-7-9-16(10-8-15)21-13-12-19-17(20)11-6-14-4-2-1-3-5-14/h1-11H,12-13H2,(H,19,20). The molecule has 0 fully saturated rings. The van der Waals surface area contributed by atoms with E-state index in [0.717, 1.165) is 5.56 Å². The molecule has 0 aromatic heterocycles. The topological polar surface area (TPSA) is 38.3 Å². The summed E-state index contributed by atoms with van der Waals surface area (Å²) in [5, 5.41) is 2.71. The van der Waals surface area contributed by atoms with Gasteiger partial charge in [-0.1, -0.05) is 30.3 Å². The van der Waals surface area contributed by atoms with Crippen LogP contribution in [0.15, 0.2) is 60.7 Å². The first-order valence-corrected chi connectivity index (χ1v) is 6.63. The fraction of sp³-hybridized carbons (Fsp3) is 0.118. The van der Waals surface area contributed by atoms with Gasteiger partial charge in [0, 0.05) is 6.08 Å². The molecule has 0 bridgehead atoms. The maximum Gasteiger partial charge on any atom is 0.244 e. The van der Waals surface area contributed by atoms with Crippen molar-refractivity contribution in [3.63, 3.8) is 0 Å². The Balaban J connectivity index is 1.67. The molecule has 0 aliphatic carbocycles. The summed E-state index contributed by atoms with van der Waals surface area (Å²) >= 11 is 0. The minimum atomic E-state index is -0.304. The lowest BCUT2D eigenvalue weighted by Crippen LogP contribution is -2.26. The molecule has 21 heavy (non-hydrogen) atoms. The van der Waals surface area contributed by atoms with Gasteiger partial charge in [0.25, 0.3) is 0 Å². The van der Waals surface area contributed by atoms with E-state index >= 15 is 0 Å². The van der Waals surface area contributed by atoms with Crippen molar-refractivity contribution in [2.75, 3.05) is 13.2 Å². The van der Waals surface area contributed by atoms with Gasteiger partial charge < -0.3 is 10.1 Å². The fourth-order valence-electron chi connectivity index (χ4n) is 1.67. The first-order chi connectivity index (χ1) is 10.2. The van der Waals surface area contributed by atoms with Gasteiger partial charge in [0.15, 0.2) is 0 Å². The summed E-state index contributed by atoms with van der Waals surface area (Å²) in [6.45, 7) is 0.714. The number of halogens is 1. The molecule has 0 spiro atoms. The minimum Gasteiger partial charge on any atom is -0.492 e. The molecule has 1 N–H and O–H groups in total. The summed E-state index contributed by atoms with van der Waals surface area (Å²) in [4.78, 5) is 11.6. The van der Waals surface area contributed by atoms with Crippen LogP contribution in [0.5, 0.6) is 5.75 Å². The second kappa shape index (κ2) is 7.85. The number of hydrogen-bond donors (Lipinski definition) is 1. The van der Waals surface area contributed by atoms with E-state index in [1.165, 1.54) is 18.2 Å².